The highest BCUT2D eigenvalue weighted by atomic mass is 16.5. The number of hydrogen-bond acceptors (Lipinski definition) is 6. The average molecular weight is 523 g/mol. The van der Waals surface area contributed by atoms with Crippen LogP contribution in [0.4, 0.5) is 0 Å². The van der Waals surface area contributed by atoms with Gasteiger partial charge < -0.3 is 25.2 Å². The van der Waals surface area contributed by atoms with Crippen LogP contribution in [0.2, 0.25) is 0 Å². The fourth-order valence-electron chi connectivity index (χ4n) is 4.14. The van der Waals surface area contributed by atoms with Gasteiger partial charge >= 0.3 is 5.97 Å². The number of aliphatic hydroxyl groups is 1. The van der Waals surface area contributed by atoms with Crippen molar-refractivity contribution >= 4 is 17.8 Å². The van der Waals surface area contributed by atoms with E-state index in [-0.39, 0.29) is 43.5 Å². The maximum atomic E-state index is 12.8. The van der Waals surface area contributed by atoms with Crippen molar-refractivity contribution in [2.24, 2.45) is 5.92 Å². The van der Waals surface area contributed by atoms with E-state index >= 15 is 0 Å². The molecule has 0 fully saturated rings. The maximum Gasteiger partial charge on any atom is 0.305 e. The van der Waals surface area contributed by atoms with Gasteiger partial charge in [0.25, 0.3) is 0 Å². The predicted molar refractivity (Wildman–Crippen MR) is 144 cm³/mol. The van der Waals surface area contributed by atoms with Crippen molar-refractivity contribution in [3.63, 3.8) is 0 Å². The Morgan fingerprint density at radius 2 is 1.87 bits per heavy atom. The molecule has 0 bridgehead atoms. The number of carbonyl (C=O) groups excluding carboxylic acids is 3. The number of nitrogens with one attached hydrogen (secondary N) is 2. The van der Waals surface area contributed by atoms with Crippen LogP contribution in [-0.2, 0) is 32.1 Å². The molecule has 2 aromatic rings. The van der Waals surface area contributed by atoms with E-state index in [9.17, 15) is 19.5 Å². The highest BCUT2D eigenvalue weighted by Gasteiger charge is 2.24. The zero-order chi connectivity index (χ0) is 27.2. The molecule has 0 spiro atoms. The molecule has 1 aliphatic heterocycles. The summed E-state index contributed by atoms with van der Waals surface area (Å²) >= 11 is 0. The Kier molecular flexibility index (Phi) is 11.8. The van der Waals surface area contributed by atoms with Crippen molar-refractivity contribution in [3.05, 3.63) is 77.9 Å². The molecule has 0 saturated carbocycles. The summed E-state index contributed by atoms with van der Waals surface area (Å²) in [5, 5.41) is 15.6. The lowest BCUT2D eigenvalue weighted by atomic mass is 9.98. The molecule has 1 aliphatic rings. The minimum atomic E-state index is -0.564. The van der Waals surface area contributed by atoms with Crippen molar-refractivity contribution in [2.45, 2.75) is 64.1 Å². The molecule has 1 heterocycles. The second-order valence-electron chi connectivity index (χ2n) is 9.66. The second-order valence-corrected chi connectivity index (χ2v) is 9.66. The van der Waals surface area contributed by atoms with Gasteiger partial charge in [0.2, 0.25) is 11.8 Å². The monoisotopic (exact) mass is 522 g/mol. The third-order valence-electron chi connectivity index (χ3n) is 6.26. The Bertz CT molecular complexity index is 1050. The summed E-state index contributed by atoms with van der Waals surface area (Å²) in [6.07, 6.45) is 6.37. The number of allylic oxidation sites excluding steroid dienone is 2. The maximum absolute atomic E-state index is 12.8. The molecule has 3 rings (SSSR count). The van der Waals surface area contributed by atoms with E-state index in [1.165, 1.54) is 0 Å². The number of esters is 1. The number of benzene rings is 2. The van der Waals surface area contributed by atoms with Crippen LogP contribution in [-0.4, -0.2) is 48.2 Å². The zero-order valence-electron chi connectivity index (χ0n) is 21.9. The van der Waals surface area contributed by atoms with Crippen LogP contribution in [0.3, 0.4) is 0 Å². The van der Waals surface area contributed by atoms with Crippen LogP contribution in [0.5, 0.6) is 5.75 Å². The highest BCUT2D eigenvalue weighted by Crippen LogP contribution is 2.16. The Hall–Kier alpha value is -3.65. The Morgan fingerprint density at radius 1 is 1.11 bits per heavy atom. The van der Waals surface area contributed by atoms with Crippen LogP contribution in [0.1, 0.15) is 50.2 Å². The lowest BCUT2D eigenvalue weighted by molar-refractivity contribution is -0.145. The highest BCUT2D eigenvalue weighted by molar-refractivity contribution is 5.86. The molecule has 0 saturated heterocycles. The van der Waals surface area contributed by atoms with E-state index in [0.717, 1.165) is 16.9 Å². The number of carbonyl (C=O) groups is 3. The molecule has 2 aromatic carbocycles. The van der Waals surface area contributed by atoms with Crippen LogP contribution < -0.4 is 15.4 Å². The molecule has 3 N–H and O–H groups in total. The number of cyclic esters (lactones) is 1. The fraction of sp³-hybridized carbons (Fsp3) is 0.433. The van der Waals surface area contributed by atoms with Crippen LogP contribution >= 0.6 is 0 Å². The summed E-state index contributed by atoms with van der Waals surface area (Å²) in [5.74, 6) is -0.670. The number of rotatable bonds is 9. The molecule has 204 valence electrons. The molecule has 0 aromatic heterocycles. The van der Waals surface area contributed by atoms with Gasteiger partial charge in [0.05, 0.1) is 24.6 Å². The van der Waals surface area contributed by atoms with Crippen LogP contribution in [0, 0.1) is 5.92 Å². The lowest BCUT2D eigenvalue weighted by Gasteiger charge is -2.21. The van der Waals surface area contributed by atoms with E-state index < -0.39 is 12.0 Å². The smallest absolute Gasteiger partial charge is 0.305 e. The van der Waals surface area contributed by atoms with Gasteiger partial charge in [-0.2, -0.15) is 0 Å². The molecule has 3 unspecified atom stereocenters. The van der Waals surface area contributed by atoms with Gasteiger partial charge in [0, 0.05) is 12.8 Å². The van der Waals surface area contributed by atoms with E-state index in [0.29, 0.717) is 38.7 Å². The SMILES string of the molecule is CC1COC(=O)CCCC=CCC(CC(=O)NC(CO)Cc2ccc(OCc3ccccc3)cc2)C(=O)N1. The first-order valence-corrected chi connectivity index (χ1v) is 13.2. The molecule has 3 atom stereocenters. The molecule has 38 heavy (non-hydrogen) atoms. The van der Waals surface area contributed by atoms with E-state index in [2.05, 4.69) is 10.6 Å². The second kappa shape index (κ2) is 15.6. The Balaban J connectivity index is 1.52. The van der Waals surface area contributed by atoms with Crippen molar-refractivity contribution < 1.29 is 29.0 Å². The summed E-state index contributed by atoms with van der Waals surface area (Å²) in [6.45, 7) is 2.11. The van der Waals surface area contributed by atoms with Gasteiger partial charge in [-0.3, -0.25) is 14.4 Å². The number of ether oxygens (including phenoxy) is 2. The zero-order valence-corrected chi connectivity index (χ0v) is 21.9. The van der Waals surface area contributed by atoms with Gasteiger partial charge in [0.1, 0.15) is 19.0 Å². The van der Waals surface area contributed by atoms with Gasteiger partial charge in [-0.15, -0.1) is 0 Å². The Morgan fingerprint density at radius 3 is 2.61 bits per heavy atom. The molecule has 2 amide bonds. The molecular weight excluding hydrogens is 484 g/mol. The van der Waals surface area contributed by atoms with Crippen molar-refractivity contribution in [1.82, 2.24) is 10.6 Å². The average Bonchev–Trinajstić information content (AvgIpc) is 2.93. The number of hydrogen-bond donors (Lipinski definition) is 3. The van der Waals surface area contributed by atoms with Gasteiger partial charge in [-0.05, 0) is 55.9 Å². The number of amides is 2. The topological polar surface area (TPSA) is 114 Å². The summed E-state index contributed by atoms with van der Waals surface area (Å²) in [6, 6.07) is 16.6. The molecule has 0 radical (unpaired) electrons. The number of aliphatic hydroxyl groups excluding tert-OH is 1. The van der Waals surface area contributed by atoms with E-state index in [1.807, 2.05) is 66.7 Å². The van der Waals surface area contributed by atoms with Crippen molar-refractivity contribution in [3.8, 4) is 5.75 Å². The minimum Gasteiger partial charge on any atom is -0.489 e. The van der Waals surface area contributed by atoms with E-state index in [4.69, 9.17) is 9.47 Å². The summed E-state index contributed by atoms with van der Waals surface area (Å²) in [5.41, 5.74) is 2.03. The van der Waals surface area contributed by atoms with Crippen molar-refractivity contribution in [1.29, 1.82) is 0 Å². The Labute approximate surface area is 224 Å². The van der Waals surface area contributed by atoms with Gasteiger partial charge in [-0.1, -0.05) is 54.6 Å². The summed E-state index contributed by atoms with van der Waals surface area (Å²) in [7, 11) is 0. The minimum absolute atomic E-state index is 0.00849. The first-order valence-electron chi connectivity index (χ1n) is 13.2. The van der Waals surface area contributed by atoms with Gasteiger partial charge in [0.15, 0.2) is 0 Å². The predicted octanol–water partition coefficient (Wildman–Crippen LogP) is 3.47. The quantitative estimate of drug-likeness (QED) is 0.343. The van der Waals surface area contributed by atoms with Crippen LogP contribution in [0.15, 0.2) is 66.7 Å². The normalized spacial score (nSPS) is 19.6. The third kappa shape index (κ3) is 10.4. The summed E-state index contributed by atoms with van der Waals surface area (Å²) < 4.78 is 11.0. The molecule has 8 heteroatoms. The molecule has 0 aliphatic carbocycles. The van der Waals surface area contributed by atoms with E-state index in [1.54, 1.807) is 6.92 Å². The standard InChI is InChI=1S/C30H38N2O6/c1-22-20-38-29(35)12-8-3-2-7-11-25(30(36)31-22)18-28(34)32-26(19-33)17-23-13-15-27(16-14-23)37-21-24-9-5-4-6-10-24/h2,4-7,9-10,13-16,22,25-26,33H,3,8,11-12,17-21H2,1H3,(H,31,36)(H,32,34). The fourth-order valence-corrected chi connectivity index (χ4v) is 4.14. The first-order chi connectivity index (χ1) is 18.4. The molecular formula is C30H38N2O6. The van der Waals surface area contributed by atoms with Crippen molar-refractivity contribution in [2.75, 3.05) is 13.2 Å². The lowest BCUT2D eigenvalue weighted by Crippen LogP contribution is -2.44. The first kappa shape index (κ1) is 28.9. The third-order valence-corrected chi connectivity index (χ3v) is 6.26. The van der Waals surface area contributed by atoms with Gasteiger partial charge in [-0.25, -0.2) is 0 Å². The molecule has 8 nitrogen and oxygen atoms in total. The largest absolute Gasteiger partial charge is 0.489 e. The summed E-state index contributed by atoms with van der Waals surface area (Å²) in [4.78, 5) is 37.4. The van der Waals surface area contributed by atoms with Crippen LogP contribution in [0.25, 0.3) is 0 Å².